The van der Waals surface area contributed by atoms with Crippen molar-refractivity contribution >= 4 is 0 Å². The highest BCUT2D eigenvalue weighted by atomic mass is 16.3. The standard InChI is InChI=1S/C19H14O2/c20-17-12-18(14-7-2-1-3-8-14)21-19-15-9-5-4-6-13(15)10-11-16(17)19/h1-9,12H,10-11H2. The summed E-state index contributed by atoms with van der Waals surface area (Å²) in [4.78, 5) is 12.4. The fourth-order valence-corrected chi connectivity index (χ4v) is 2.94. The third-order valence-corrected chi connectivity index (χ3v) is 4.01. The molecule has 4 rings (SSSR count). The van der Waals surface area contributed by atoms with Crippen LogP contribution in [0.5, 0.6) is 0 Å². The Morgan fingerprint density at radius 1 is 0.857 bits per heavy atom. The molecule has 1 aliphatic carbocycles. The maximum absolute atomic E-state index is 12.4. The molecule has 0 amide bonds. The van der Waals surface area contributed by atoms with Gasteiger partial charge in [0.2, 0.25) is 0 Å². The van der Waals surface area contributed by atoms with Gasteiger partial charge in [-0.3, -0.25) is 4.79 Å². The smallest absolute Gasteiger partial charge is 0.189 e. The third kappa shape index (κ3) is 2.00. The summed E-state index contributed by atoms with van der Waals surface area (Å²) in [7, 11) is 0. The summed E-state index contributed by atoms with van der Waals surface area (Å²) >= 11 is 0. The first-order valence-corrected chi connectivity index (χ1v) is 7.13. The summed E-state index contributed by atoms with van der Waals surface area (Å²) in [6, 6.07) is 19.5. The average Bonchev–Trinajstić information content (AvgIpc) is 2.55. The van der Waals surface area contributed by atoms with E-state index in [1.54, 1.807) is 6.07 Å². The largest absolute Gasteiger partial charge is 0.456 e. The summed E-state index contributed by atoms with van der Waals surface area (Å²) < 4.78 is 6.09. The Hall–Kier alpha value is -2.61. The normalized spacial score (nSPS) is 12.6. The Morgan fingerprint density at radius 3 is 2.48 bits per heavy atom. The lowest BCUT2D eigenvalue weighted by molar-refractivity contribution is 0.566. The van der Waals surface area contributed by atoms with Crippen molar-refractivity contribution in [3.05, 3.63) is 82.0 Å². The summed E-state index contributed by atoms with van der Waals surface area (Å²) in [6.07, 6.45) is 1.66. The Labute approximate surface area is 122 Å². The highest BCUT2D eigenvalue weighted by Gasteiger charge is 2.21. The molecule has 0 fully saturated rings. The third-order valence-electron chi connectivity index (χ3n) is 4.01. The second-order valence-electron chi connectivity index (χ2n) is 5.31. The molecular weight excluding hydrogens is 260 g/mol. The summed E-state index contributed by atoms with van der Waals surface area (Å²) in [6.45, 7) is 0. The molecule has 0 saturated carbocycles. The summed E-state index contributed by atoms with van der Waals surface area (Å²) in [5.74, 6) is 1.37. The minimum absolute atomic E-state index is 0.0737. The number of benzene rings is 2. The van der Waals surface area contributed by atoms with Crippen LogP contribution in [0.1, 0.15) is 11.1 Å². The summed E-state index contributed by atoms with van der Waals surface area (Å²) in [5, 5.41) is 0. The van der Waals surface area contributed by atoms with Gasteiger partial charge in [0.25, 0.3) is 0 Å². The molecule has 21 heavy (non-hydrogen) atoms. The van der Waals surface area contributed by atoms with E-state index in [0.717, 1.165) is 35.3 Å². The SMILES string of the molecule is O=c1cc(-c2ccccc2)oc2c1CCc1ccccc1-2. The van der Waals surface area contributed by atoms with Gasteiger partial charge in [-0.25, -0.2) is 0 Å². The van der Waals surface area contributed by atoms with E-state index in [1.165, 1.54) is 5.56 Å². The van der Waals surface area contributed by atoms with Gasteiger partial charge in [0.1, 0.15) is 11.5 Å². The quantitative estimate of drug-likeness (QED) is 0.669. The lowest BCUT2D eigenvalue weighted by Crippen LogP contribution is -2.15. The van der Waals surface area contributed by atoms with Crippen molar-refractivity contribution in [2.24, 2.45) is 0 Å². The fourth-order valence-electron chi connectivity index (χ4n) is 2.94. The van der Waals surface area contributed by atoms with Crippen molar-refractivity contribution in [1.82, 2.24) is 0 Å². The van der Waals surface area contributed by atoms with Crippen molar-refractivity contribution < 1.29 is 4.42 Å². The van der Waals surface area contributed by atoms with E-state index in [4.69, 9.17) is 4.42 Å². The van der Waals surface area contributed by atoms with Gasteiger partial charge in [-0.2, -0.15) is 0 Å². The predicted molar refractivity (Wildman–Crippen MR) is 83.3 cm³/mol. The van der Waals surface area contributed by atoms with Gasteiger partial charge in [0.15, 0.2) is 5.43 Å². The van der Waals surface area contributed by atoms with Gasteiger partial charge >= 0.3 is 0 Å². The highest BCUT2D eigenvalue weighted by molar-refractivity contribution is 5.70. The number of aryl methyl sites for hydroxylation is 1. The summed E-state index contributed by atoms with van der Waals surface area (Å²) in [5.41, 5.74) is 4.10. The number of fused-ring (bicyclic) bond motifs is 3. The first kappa shape index (κ1) is 12.2. The van der Waals surface area contributed by atoms with E-state index < -0.39 is 0 Å². The average molecular weight is 274 g/mol. The van der Waals surface area contributed by atoms with E-state index >= 15 is 0 Å². The first-order chi connectivity index (χ1) is 10.3. The predicted octanol–water partition coefficient (Wildman–Crippen LogP) is 4.07. The Bertz CT molecular complexity index is 860. The zero-order chi connectivity index (χ0) is 14.2. The van der Waals surface area contributed by atoms with Gasteiger partial charge in [0, 0.05) is 22.8 Å². The van der Waals surface area contributed by atoms with Gasteiger partial charge in [-0.15, -0.1) is 0 Å². The van der Waals surface area contributed by atoms with E-state index in [9.17, 15) is 4.79 Å². The molecule has 0 saturated heterocycles. The van der Waals surface area contributed by atoms with Crippen LogP contribution in [0.4, 0.5) is 0 Å². The molecule has 2 nitrogen and oxygen atoms in total. The maximum Gasteiger partial charge on any atom is 0.189 e. The minimum Gasteiger partial charge on any atom is -0.456 e. The zero-order valence-electron chi connectivity index (χ0n) is 11.5. The van der Waals surface area contributed by atoms with Crippen LogP contribution in [0.2, 0.25) is 0 Å². The van der Waals surface area contributed by atoms with Gasteiger partial charge in [-0.1, -0.05) is 54.6 Å². The maximum atomic E-state index is 12.4. The Morgan fingerprint density at radius 2 is 1.62 bits per heavy atom. The molecule has 0 atom stereocenters. The van der Waals surface area contributed by atoms with Crippen LogP contribution in [-0.2, 0) is 12.8 Å². The Balaban J connectivity index is 1.97. The van der Waals surface area contributed by atoms with Crippen molar-refractivity contribution in [3.8, 4) is 22.6 Å². The van der Waals surface area contributed by atoms with E-state index in [1.807, 2.05) is 48.5 Å². The molecule has 3 aromatic rings. The van der Waals surface area contributed by atoms with Crippen LogP contribution in [0.15, 0.2) is 69.9 Å². The molecule has 1 aliphatic rings. The topological polar surface area (TPSA) is 30.2 Å². The molecule has 0 spiro atoms. The lowest BCUT2D eigenvalue weighted by Gasteiger charge is -2.18. The Kier molecular flexibility index (Phi) is 2.74. The second-order valence-corrected chi connectivity index (χ2v) is 5.31. The van der Waals surface area contributed by atoms with Crippen molar-refractivity contribution in [3.63, 3.8) is 0 Å². The first-order valence-electron chi connectivity index (χ1n) is 7.13. The molecule has 2 heteroatoms. The van der Waals surface area contributed by atoms with Gasteiger partial charge in [0.05, 0.1) is 0 Å². The number of rotatable bonds is 1. The van der Waals surface area contributed by atoms with Crippen LogP contribution < -0.4 is 5.43 Å². The monoisotopic (exact) mass is 274 g/mol. The molecule has 0 bridgehead atoms. The second kappa shape index (κ2) is 4.74. The molecule has 1 aromatic heterocycles. The van der Waals surface area contributed by atoms with Crippen LogP contribution in [-0.4, -0.2) is 0 Å². The number of hydrogen-bond acceptors (Lipinski definition) is 2. The van der Waals surface area contributed by atoms with Crippen molar-refractivity contribution in [2.45, 2.75) is 12.8 Å². The molecule has 0 unspecified atom stereocenters. The molecular formula is C19H14O2. The zero-order valence-corrected chi connectivity index (χ0v) is 11.5. The van der Waals surface area contributed by atoms with Crippen molar-refractivity contribution in [2.75, 3.05) is 0 Å². The van der Waals surface area contributed by atoms with Crippen LogP contribution in [0.25, 0.3) is 22.6 Å². The molecule has 0 radical (unpaired) electrons. The lowest BCUT2D eigenvalue weighted by atomic mass is 9.89. The minimum atomic E-state index is 0.0737. The molecule has 1 heterocycles. The molecule has 102 valence electrons. The molecule has 2 aromatic carbocycles. The molecule has 0 N–H and O–H groups in total. The van der Waals surface area contributed by atoms with Gasteiger partial charge < -0.3 is 4.42 Å². The van der Waals surface area contributed by atoms with Gasteiger partial charge in [-0.05, 0) is 18.4 Å². The van der Waals surface area contributed by atoms with E-state index in [0.29, 0.717) is 5.76 Å². The highest BCUT2D eigenvalue weighted by Crippen LogP contribution is 2.34. The van der Waals surface area contributed by atoms with Crippen LogP contribution in [0.3, 0.4) is 0 Å². The van der Waals surface area contributed by atoms with E-state index in [2.05, 4.69) is 6.07 Å². The van der Waals surface area contributed by atoms with E-state index in [-0.39, 0.29) is 5.43 Å². The number of hydrogen-bond donors (Lipinski definition) is 0. The molecule has 0 aliphatic heterocycles. The van der Waals surface area contributed by atoms with Crippen LogP contribution >= 0.6 is 0 Å². The van der Waals surface area contributed by atoms with Crippen LogP contribution in [0, 0.1) is 0 Å². The fraction of sp³-hybridized carbons (Fsp3) is 0.105. The van der Waals surface area contributed by atoms with Crippen molar-refractivity contribution in [1.29, 1.82) is 0 Å².